The lowest BCUT2D eigenvalue weighted by Crippen LogP contribution is -2.43. The van der Waals surface area contributed by atoms with Crippen LogP contribution in [0.2, 0.25) is 0 Å². The predicted octanol–water partition coefficient (Wildman–Crippen LogP) is 2.36. The van der Waals surface area contributed by atoms with Crippen LogP contribution < -0.4 is 5.32 Å². The van der Waals surface area contributed by atoms with Gasteiger partial charge in [0.2, 0.25) is 6.41 Å². The summed E-state index contributed by atoms with van der Waals surface area (Å²) >= 11 is 6.38. The Balaban J connectivity index is 2.67. The first-order chi connectivity index (χ1) is 7.06. The first kappa shape index (κ1) is 12.1. The van der Waals surface area contributed by atoms with Crippen molar-refractivity contribution in [3.8, 4) is 0 Å². The maximum Gasteiger partial charge on any atom is 0.207 e. The van der Waals surface area contributed by atoms with E-state index in [1.165, 1.54) is 5.56 Å². The maximum atomic E-state index is 10.3. The van der Waals surface area contributed by atoms with Gasteiger partial charge in [0.15, 0.2) is 0 Å². The average Bonchev–Trinajstić information content (AvgIpc) is 2.19. The summed E-state index contributed by atoms with van der Waals surface area (Å²) in [6, 6.07) is 9.96. The molecule has 0 fully saturated rings. The van der Waals surface area contributed by atoms with E-state index in [4.69, 9.17) is 11.6 Å². The molecule has 3 heteroatoms. The Morgan fingerprint density at radius 2 is 2.07 bits per heavy atom. The normalized spacial score (nSPS) is 16.5. The van der Waals surface area contributed by atoms with E-state index in [0.717, 1.165) is 6.42 Å². The number of alkyl halides is 1. The SMILES string of the molecule is CC(NC=O)C(C)(Cl)Cc1ccccc1. The van der Waals surface area contributed by atoms with Crippen LogP contribution in [0.5, 0.6) is 0 Å². The van der Waals surface area contributed by atoms with Gasteiger partial charge in [-0.25, -0.2) is 0 Å². The number of nitrogens with one attached hydrogen (secondary N) is 1. The van der Waals surface area contributed by atoms with E-state index in [2.05, 4.69) is 5.32 Å². The van der Waals surface area contributed by atoms with E-state index < -0.39 is 4.87 Å². The van der Waals surface area contributed by atoms with Gasteiger partial charge in [0.25, 0.3) is 0 Å². The molecule has 2 unspecified atom stereocenters. The quantitative estimate of drug-likeness (QED) is 0.605. The van der Waals surface area contributed by atoms with Crippen molar-refractivity contribution in [2.24, 2.45) is 0 Å². The van der Waals surface area contributed by atoms with Crippen molar-refractivity contribution in [1.82, 2.24) is 5.32 Å². The smallest absolute Gasteiger partial charge is 0.207 e. The van der Waals surface area contributed by atoms with Crippen LogP contribution >= 0.6 is 11.6 Å². The van der Waals surface area contributed by atoms with Crippen LogP contribution in [0.4, 0.5) is 0 Å². The van der Waals surface area contributed by atoms with Crippen LogP contribution in [0.15, 0.2) is 30.3 Å². The molecule has 1 aromatic rings. The summed E-state index contributed by atoms with van der Waals surface area (Å²) in [5.74, 6) is 0. The van der Waals surface area contributed by atoms with Crippen molar-refractivity contribution < 1.29 is 4.79 Å². The summed E-state index contributed by atoms with van der Waals surface area (Å²) in [5, 5.41) is 2.69. The lowest BCUT2D eigenvalue weighted by atomic mass is 9.94. The Bertz CT molecular complexity index is 311. The van der Waals surface area contributed by atoms with E-state index in [9.17, 15) is 4.79 Å². The van der Waals surface area contributed by atoms with Gasteiger partial charge in [-0.15, -0.1) is 11.6 Å². The molecule has 82 valence electrons. The highest BCUT2D eigenvalue weighted by Gasteiger charge is 2.28. The second kappa shape index (κ2) is 5.17. The number of carbonyl (C=O) groups excluding carboxylic acids is 1. The summed E-state index contributed by atoms with van der Waals surface area (Å²) in [7, 11) is 0. The highest BCUT2D eigenvalue weighted by atomic mass is 35.5. The molecule has 0 aromatic heterocycles. The van der Waals surface area contributed by atoms with Crippen molar-refractivity contribution in [2.75, 3.05) is 0 Å². The molecule has 2 nitrogen and oxygen atoms in total. The lowest BCUT2D eigenvalue weighted by molar-refractivity contribution is -0.110. The molecule has 2 atom stereocenters. The van der Waals surface area contributed by atoms with Gasteiger partial charge in [0.1, 0.15) is 0 Å². The van der Waals surface area contributed by atoms with Gasteiger partial charge >= 0.3 is 0 Å². The number of halogens is 1. The first-order valence-corrected chi connectivity index (χ1v) is 5.36. The molecule has 1 rings (SSSR count). The van der Waals surface area contributed by atoms with Gasteiger partial charge in [-0.2, -0.15) is 0 Å². The second-order valence-corrected chi connectivity index (χ2v) is 4.81. The zero-order valence-electron chi connectivity index (χ0n) is 9.03. The van der Waals surface area contributed by atoms with E-state index in [1.54, 1.807) is 0 Å². The number of carbonyl (C=O) groups is 1. The van der Waals surface area contributed by atoms with Crippen LogP contribution in [0.1, 0.15) is 19.4 Å². The molecule has 1 aromatic carbocycles. The van der Waals surface area contributed by atoms with Crippen molar-refractivity contribution in [1.29, 1.82) is 0 Å². The third-order valence-electron chi connectivity index (χ3n) is 2.61. The minimum atomic E-state index is -0.456. The maximum absolute atomic E-state index is 10.3. The average molecular weight is 226 g/mol. The molecule has 0 saturated carbocycles. The Labute approximate surface area is 95.6 Å². The number of benzene rings is 1. The number of hydrogen-bond acceptors (Lipinski definition) is 1. The zero-order chi connectivity index (χ0) is 11.3. The summed E-state index contributed by atoms with van der Waals surface area (Å²) < 4.78 is 0. The van der Waals surface area contributed by atoms with Gasteiger partial charge in [-0.1, -0.05) is 30.3 Å². The van der Waals surface area contributed by atoms with E-state index >= 15 is 0 Å². The Morgan fingerprint density at radius 1 is 1.47 bits per heavy atom. The summed E-state index contributed by atoms with van der Waals surface area (Å²) in [5.41, 5.74) is 1.18. The number of hydrogen-bond donors (Lipinski definition) is 1. The predicted molar refractivity (Wildman–Crippen MR) is 63.1 cm³/mol. The van der Waals surface area contributed by atoms with Gasteiger partial charge in [0, 0.05) is 6.04 Å². The second-order valence-electron chi connectivity index (χ2n) is 3.95. The summed E-state index contributed by atoms with van der Waals surface area (Å²) in [6.07, 6.45) is 1.42. The molecule has 0 heterocycles. The van der Waals surface area contributed by atoms with Gasteiger partial charge < -0.3 is 5.32 Å². The Hall–Kier alpha value is -1.02. The number of rotatable bonds is 5. The molecule has 0 bridgehead atoms. The third kappa shape index (κ3) is 3.56. The van der Waals surface area contributed by atoms with Crippen molar-refractivity contribution >= 4 is 18.0 Å². The van der Waals surface area contributed by atoms with Crippen LogP contribution in [0.3, 0.4) is 0 Å². The molecule has 0 saturated heterocycles. The van der Waals surface area contributed by atoms with Crippen molar-refractivity contribution in [2.45, 2.75) is 31.2 Å². The van der Waals surface area contributed by atoms with Crippen molar-refractivity contribution in [3.63, 3.8) is 0 Å². The van der Waals surface area contributed by atoms with E-state index in [0.29, 0.717) is 6.41 Å². The fourth-order valence-corrected chi connectivity index (χ4v) is 1.64. The fourth-order valence-electron chi connectivity index (χ4n) is 1.42. The fraction of sp³-hybridized carbons (Fsp3) is 0.417. The molecule has 1 amide bonds. The van der Waals surface area contributed by atoms with Crippen LogP contribution in [0, 0.1) is 0 Å². The third-order valence-corrected chi connectivity index (χ3v) is 3.07. The van der Waals surface area contributed by atoms with Gasteiger partial charge in [-0.05, 0) is 25.8 Å². The highest BCUT2D eigenvalue weighted by molar-refractivity contribution is 6.24. The Kier molecular flexibility index (Phi) is 4.15. The zero-order valence-corrected chi connectivity index (χ0v) is 9.79. The lowest BCUT2D eigenvalue weighted by Gasteiger charge is -2.28. The molecule has 0 aliphatic rings. The molecule has 0 radical (unpaired) electrons. The first-order valence-electron chi connectivity index (χ1n) is 4.99. The molecular formula is C12H16ClNO. The monoisotopic (exact) mass is 225 g/mol. The van der Waals surface area contributed by atoms with Crippen LogP contribution in [-0.2, 0) is 11.2 Å². The Morgan fingerprint density at radius 3 is 2.60 bits per heavy atom. The minimum absolute atomic E-state index is 0.0585. The topological polar surface area (TPSA) is 29.1 Å². The van der Waals surface area contributed by atoms with Crippen LogP contribution in [0.25, 0.3) is 0 Å². The largest absolute Gasteiger partial charge is 0.354 e. The standard InChI is InChI=1S/C12H16ClNO/c1-10(14-9-15)12(2,13)8-11-6-4-3-5-7-11/h3-7,9-10H,8H2,1-2H3,(H,14,15). The van der Waals surface area contributed by atoms with E-state index in [1.807, 2.05) is 44.2 Å². The molecule has 1 N–H and O–H groups in total. The van der Waals surface area contributed by atoms with Gasteiger partial charge in [0.05, 0.1) is 4.87 Å². The van der Waals surface area contributed by atoms with Crippen molar-refractivity contribution in [3.05, 3.63) is 35.9 Å². The molecule has 0 spiro atoms. The summed E-state index contributed by atoms with van der Waals surface area (Å²) in [4.78, 5) is 9.89. The minimum Gasteiger partial charge on any atom is -0.354 e. The number of amides is 1. The van der Waals surface area contributed by atoms with Gasteiger partial charge in [-0.3, -0.25) is 4.79 Å². The molecular weight excluding hydrogens is 210 g/mol. The highest BCUT2D eigenvalue weighted by Crippen LogP contribution is 2.24. The summed E-state index contributed by atoms with van der Waals surface area (Å²) in [6.45, 7) is 3.84. The molecule has 15 heavy (non-hydrogen) atoms. The molecule has 0 aliphatic carbocycles. The van der Waals surface area contributed by atoms with E-state index in [-0.39, 0.29) is 6.04 Å². The van der Waals surface area contributed by atoms with Crippen LogP contribution in [-0.4, -0.2) is 17.3 Å². The molecule has 0 aliphatic heterocycles.